The first kappa shape index (κ1) is 30.6. The van der Waals surface area contributed by atoms with Crippen LogP contribution in [0.2, 0.25) is 0 Å². The lowest BCUT2D eigenvalue weighted by Crippen LogP contribution is -2.65. The summed E-state index contributed by atoms with van der Waals surface area (Å²) in [6, 6.07) is 8.85. The van der Waals surface area contributed by atoms with Crippen LogP contribution in [0.5, 0.6) is 11.5 Å². The lowest BCUT2D eigenvalue weighted by atomic mass is 9.57. The molecule has 2 aromatic carbocycles. The van der Waals surface area contributed by atoms with Gasteiger partial charge in [-0.2, -0.15) is 0 Å². The van der Waals surface area contributed by atoms with Gasteiger partial charge in [-0.3, -0.25) is 19.3 Å². The molecule has 0 heterocycles. The number of hydrogen-bond donors (Lipinski definition) is 6. The normalized spacial score (nSPS) is 24.5. The van der Waals surface area contributed by atoms with E-state index in [4.69, 9.17) is 10.5 Å². The summed E-state index contributed by atoms with van der Waals surface area (Å²) >= 11 is 0. The maximum absolute atomic E-state index is 14.1. The standard InChI is InChI=1S/C31H34N4O9/c1-34(2)19-12-15(13-33-30(42)44-16-8-6-5-7-9-16)24(36)21-17(19)10-14-11-18-23(35(3)4)26(38)22(29(32)41)28(40)31(18,43)27(39)20(14)25(21)37/h5-9,12,14,18,23,36-37,40,43H,10-11,13H2,1-4H3,(H2,32,41)(H,33,42)/t14-,18-,23?,31-/m0/s1. The molecule has 7 N–H and O–H groups in total. The molecule has 0 aliphatic heterocycles. The maximum atomic E-state index is 14.1. The third kappa shape index (κ3) is 4.64. The summed E-state index contributed by atoms with van der Waals surface area (Å²) in [4.78, 5) is 55.2. The Hall–Kier alpha value is -4.88. The van der Waals surface area contributed by atoms with E-state index in [1.54, 1.807) is 69.5 Å². The molecule has 2 amide bonds. The molecule has 4 atom stereocenters. The van der Waals surface area contributed by atoms with Gasteiger partial charge in [0.05, 0.1) is 11.6 Å². The molecule has 0 bridgehead atoms. The monoisotopic (exact) mass is 606 g/mol. The summed E-state index contributed by atoms with van der Waals surface area (Å²) in [6.45, 7) is -0.199. The highest BCUT2D eigenvalue weighted by atomic mass is 16.6. The van der Waals surface area contributed by atoms with Crippen molar-refractivity contribution in [3.63, 3.8) is 0 Å². The minimum atomic E-state index is -2.73. The number of hydrogen-bond acceptors (Lipinski definition) is 11. The number of carbonyl (C=O) groups is 4. The summed E-state index contributed by atoms with van der Waals surface area (Å²) in [5.74, 6) is -6.95. The molecule has 0 aromatic heterocycles. The Bertz CT molecular complexity index is 1650. The third-order valence-corrected chi connectivity index (χ3v) is 8.63. The van der Waals surface area contributed by atoms with Crippen LogP contribution >= 0.6 is 0 Å². The number of Topliss-reactive ketones (excluding diaryl/α,β-unsaturated/α-hetero) is 2. The Balaban J connectivity index is 1.59. The van der Waals surface area contributed by atoms with Crippen LogP contribution in [-0.2, 0) is 27.3 Å². The molecule has 1 saturated carbocycles. The molecule has 1 fully saturated rings. The fourth-order valence-electron chi connectivity index (χ4n) is 6.68. The number of primary amides is 1. The molecule has 0 spiro atoms. The zero-order valence-electron chi connectivity index (χ0n) is 24.6. The number of anilines is 1. The number of ether oxygens (including phenoxy) is 1. The first-order valence-corrected chi connectivity index (χ1v) is 13.9. The van der Waals surface area contributed by atoms with E-state index in [1.807, 2.05) is 0 Å². The number of phenolic OH excluding ortho intramolecular Hbond substituents is 1. The predicted octanol–water partition coefficient (Wildman–Crippen LogP) is 1.32. The molecule has 1 unspecified atom stereocenters. The molecular formula is C31H34N4O9. The Morgan fingerprint density at radius 3 is 2.34 bits per heavy atom. The van der Waals surface area contributed by atoms with Gasteiger partial charge in [0.2, 0.25) is 5.78 Å². The van der Waals surface area contributed by atoms with Gasteiger partial charge in [-0.05, 0) is 56.6 Å². The molecular weight excluding hydrogens is 572 g/mol. The highest BCUT2D eigenvalue weighted by Crippen LogP contribution is 2.54. The highest BCUT2D eigenvalue weighted by molar-refractivity contribution is 6.24. The molecule has 0 radical (unpaired) electrons. The Kier molecular flexibility index (Phi) is 7.64. The van der Waals surface area contributed by atoms with Crippen molar-refractivity contribution in [2.24, 2.45) is 17.6 Å². The number of ketones is 2. The number of nitrogens with two attached hydrogens (primary N) is 1. The van der Waals surface area contributed by atoms with Crippen LogP contribution in [0.3, 0.4) is 0 Å². The van der Waals surface area contributed by atoms with Crippen LogP contribution in [0.4, 0.5) is 10.5 Å². The van der Waals surface area contributed by atoms with E-state index in [0.29, 0.717) is 17.0 Å². The summed E-state index contributed by atoms with van der Waals surface area (Å²) < 4.78 is 5.24. The molecule has 0 saturated heterocycles. The van der Waals surface area contributed by atoms with Gasteiger partial charge in [0.25, 0.3) is 5.91 Å². The van der Waals surface area contributed by atoms with Crippen molar-refractivity contribution in [2.75, 3.05) is 33.1 Å². The maximum Gasteiger partial charge on any atom is 0.412 e. The Morgan fingerprint density at radius 1 is 1.09 bits per heavy atom. The lowest BCUT2D eigenvalue weighted by Gasteiger charge is -2.50. The van der Waals surface area contributed by atoms with E-state index in [1.165, 1.54) is 4.90 Å². The van der Waals surface area contributed by atoms with Crippen molar-refractivity contribution >= 4 is 35.0 Å². The summed E-state index contributed by atoms with van der Waals surface area (Å²) in [7, 11) is 6.59. The zero-order valence-corrected chi connectivity index (χ0v) is 24.6. The van der Waals surface area contributed by atoms with Crippen molar-refractivity contribution in [3.8, 4) is 11.5 Å². The molecule has 13 heteroatoms. The van der Waals surface area contributed by atoms with Crippen LogP contribution < -0.4 is 20.7 Å². The van der Waals surface area contributed by atoms with Crippen molar-refractivity contribution in [1.82, 2.24) is 10.2 Å². The van der Waals surface area contributed by atoms with E-state index in [-0.39, 0.29) is 36.1 Å². The van der Waals surface area contributed by atoms with E-state index in [9.17, 15) is 39.6 Å². The van der Waals surface area contributed by atoms with Gasteiger partial charge in [0, 0.05) is 43.4 Å². The fourth-order valence-corrected chi connectivity index (χ4v) is 6.68. The SMILES string of the molecule is CN(C)c1cc(CNC(=O)Oc2ccccc2)c(O)c2c1C[C@H]1C[C@H]3C(N(C)C)C(=O)C(C(N)=O)=C(O)[C@@]3(O)C(=O)C1=C2O. The van der Waals surface area contributed by atoms with Gasteiger partial charge in [-0.15, -0.1) is 0 Å². The van der Waals surface area contributed by atoms with Crippen LogP contribution in [0.15, 0.2) is 53.3 Å². The second-order valence-electron chi connectivity index (χ2n) is 11.7. The number of aliphatic hydroxyl groups excluding tert-OH is 2. The largest absolute Gasteiger partial charge is 0.508 e. The predicted molar refractivity (Wildman–Crippen MR) is 158 cm³/mol. The Labute approximate surface area is 252 Å². The summed E-state index contributed by atoms with van der Waals surface area (Å²) in [6.07, 6.45) is -0.666. The van der Waals surface area contributed by atoms with Gasteiger partial charge >= 0.3 is 6.09 Å². The number of likely N-dealkylation sites (N-methyl/N-ethyl adjacent to an activating group) is 1. The van der Waals surface area contributed by atoms with Crippen molar-refractivity contribution in [2.45, 2.75) is 31.0 Å². The molecule has 232 valence electrons. The quantitative estimate of drug-likeness (QED) is 0.259. The second kappa shape index (κ2) is 11.0. The molecule has 44 heavy (non-hydrogen) atoms. The summed E-state index contributed by atoms with van der Waals surface area (Å²) in [5, 5.41) is 48.3. The molecule has 5 rings (SSSR count). The topological polar surface area (TPSA) is 203 Å². The van der Waals surface area contributed by atoms with Crippen molar-refractivity contribution in [3.05, 3.63) is 70.0 Å². The minimum absolute atomic E-state index is 0.0198. The smallest absolute Gasteiger partial charge is 0.412 e. The number of phenols is 1. The van der Waals surface area contributed by atoms with E-state index in [2.05, 4.69) is 5.32 Å². The fraction of sp³-hybridized carbons (Fsp3) is 0.355. The number of aliphatic hydroxyl groups is 3. The number of aromatic hydroxyl groups is 1. The first-order valence-electron chi connectivity index (χ1n) is 13.9. The third-order valence-electron chi connectivity index (χ3n) is 8.63. The number of nitrogens with one attached hydrogen (secondary N) is 1. The lowest BCUT2D eigenvalue weighted by molar-refractivity contribution is -0.153. The van der Waals surface area contributed by atoms with E-state index in [0.717, 1.165) is 0 Å². The second-order valence-corrected chi connectivity index (χ2v) is 11.7. The number of amides is 2. The van der Waals surface area contributed by atoms with Gasteiger partial charge < -0.3 is 41.1 Å². The van der Waals surface area contributed by atoms with Crippen LogP contribution in [0.25, 0.3) is 5.76 Å². The first-order chi connectivity index (χ1) is 20.7. The van der Waals surface area contributed by atoms with Gasteiger partial charge in [0.1, 0.15) is 28.6 Å². The molecule has 3 aliphatic rings. The number of rotatable bonds is 6. The van der Waals surface area contributed by atoms with Gasteiger partial charge in [-0.1, -0.05) is 18.2 Å². The van der Waals surface area contributed by atoms with Gasteiger partial charge in [-0.25, -0.2) is 4.79 Å². The molecule has 2 aromatic rings. The Morgan fingerprint density at radius 2 is 1.75 bits per heavy atom. The molecule has 13 nitrogen and oxygen atoms in total. The van der Waals surface area contributed by atoms with Crippen molar-refractivity contribution < 1.29 is 44.3 Å². The van der Waals surface area contributed by atoms with Gasteiger partial charge in [0.15, 0.2) is 11.4 Å². The number of para-hydroxylation sites is 1. The molecule has 3 aliphatic carbocycles. The van der Waals surface area contributed by atoms with E-state index < -0.39 is 69.9 Å². The number of nitrogens with zero attached hydrogens (tertiary/aromatic N) is 2. The van der Waals surface area contributed by atoms with E-state index >= 15 is 0 Å². The van der Waals surface area contributed by atoms with Crippen molar-refractivity contribution in [1.29, 1.82) is 0 Å². The zero-order chi connectivity index (χ0) is 32.2. The average molecular weight is 607 g/mol. The van der Waals surface area contributed by atoms with Crippen LogP contribution in [0, 0.1) is 11.8 Å². The van der Waals surface area contributed by atoms with Crippen LogP contribution in [0.1, 0.15) is 23.1 Å². The van der Waals surface area contributed by atoms with Crippen LogP contribution in [-0.4, -0.2) is 88.7 Å². The average Bonchev–Trinajstić information content (AvgIpc) is 2.94. The number of fused-ring (bicyclic) bond motifs is 3. The highest BCUT2D eigenvalue weighted by Gasteiger charge is 2.64. The summed E-state index contributed by atoms with van der Waals surface area (Å²) in [5.41, 5.74) is 2.75. The number of benzene rings is 2. The number of carbonyl (C=O) groups excluding carboxylic acids is 4. The minimum Gasteiger partial charge on any atom is -0.508 e.